The van der Waals surface area contributed by atoms with E-state index in [1.807, 2.05) is 0 Å². The molecule has 2 aliphatic rings. The summed E-state index contributed by atoms with van der Waals surface area (Å²) in [6.07, 6.45) is 3.36. The molecule has 1 atom stereocenters. The van der Waals surface area contributed by atoms with Crippen LogP contribution in [0.4, 0.5) is 4.79 Å². The lowest BCUT2D eigenvalue weighted by molar-refractivity contribution is 0.242. The third-order valence-corrected chi connectivity index (χ3v) is 3.13. The number of urea groups is 1. The molecule has 0 saturated carbocycles. The number of hydrogen-bond donors (Lipinski definition) is 2. The van der Waals surface area contributed by atoms with Gasteiger partial charge >= 0.3 is 6.03 Å². The standard InChI is InChI=1S/C9H17N3O/c1-12-5-2-3-9(4-6-12)7-10-8(13)11-9/h2-7H2,1H3,(H2,10,11,13). The molecule has 2 heterocycles. The Morgan fingerprint density at radius 1 is 1.38 bits per heavy atom. The maximum Gasteiger partial charge on any atom is 0.315 e. The van der Waals surface area contributed by atoms with Crippen LogP contribution in [0.5, 0.6) is 0 Å². The Hall–Kier alpha value is -0.770. The Bertz CT molecular complexity index is 219. The minimum atomic E-state index is 0.00422. The van der Waals surface area contributed by atoms with Gasteiger partial charge in [0.15, 0.2) is 0 Å². The smallest absolute Gasteiger partial charge is 0.315 e. The minimum Gasteiger partial charge on any atom is -0.336 e. The molecule has 2 saturated heterocycles. The minimum absolute atomic E-state index is 0.00422. The number of amides is 2. The van der Waals surface area contributed by atoms with E-state index in [0.29, 0.717) is 0 Å². The van der Waals surface area contributed by atoms with Crippen LogP contribution in [0, 0.1) is 0 Å². The summed E-state index contributed by atoms with van der Waals surface area (Å²) in [5.41, 5.74) is 0.0574. The molecule has 0 aromatic carbocycles. The van der Waals surface area contributed by atoms with Crippen molar-refractivity contribution in [2.24, 2.45) is 0 Å². The van der Waals surface area contributed by atoms with Gasteiger partial charge in [0, 0.05) is 13.1 Å². The number of carbonyl (C=O) groups excluding carboxylic acids is 1. The third kappa shape index (κ3) is 1.77. The highest BCUT2D eigenvalue weighted by Gasteiger charge is 2.37. The van der Waals surface area contributed by atoms with Crippen LogP contribution >= 0.6 is 0 Å². The summed E-state index contributed by atoms with van der Waals surface area (Å²) < 4.78 is 0. The van der Waals surface area contributed by atoms with Gasteiger partial charge in [-0.1, -0.05) is 0 Å². The van der Waals surface area contributed by atoms with Crippen LogP contribution in [0.1, 0.15) is 19.3 Å². The molecule has 2 aliphatic heterocycles. The number of nitrogens with one attached hydrogen (secondary N) is 2. The Morgan fingerprint density at radius 2 is 2.23 bits per heavy atom. The van der Waals surface area contributed by atoms with Crippen LogP contribution in [0.25, 0.3) is 0 Å². The Balaban J connectivity index is 2.02. The topological polar surface area (TPSA) is 44.4 Å². The van der Waals surface area contributed by atoms with Crippen molar-refractivity contribution in [2.45, 2.75) is 24.8 Å². The molecule has 1 spiro atoms. The highest BCUT2D eigenvalue weighted by molar-refractivity contribution is 5.77. The van der Waals surface area contributed by atoms with Gasteiger partial charge in [0.05, 0.1) is 5.54 Å². The monoisotopic (exact) mass is 183 g/mol. The Morgan fingerprint density at radius 3 is 2.92 bits per heavy atom. The molecule has 0 aromatic rings. The fraction of sp³-hybridized carbons (Fsp3) is 0.889. The average Bonchev–Trinajstić information content (AvgIpc) is 2.35. The van der Waals surface area contributed by atoms with Gasteiger partial charge in [-0.15, -0.1) is 0 Å². The molecule has 0 aromatic heterocycles. The summed E-state index contributed by atoms with van der Waals surface area (Å²) >= 11 is 0. The van der Waals surface area contributed by atoms with Gasteiger partial charge in [0.1, 0.15) is 0 Å². The lowest BCUT2D eigenvalue weighted by atomic mass is 9.92. The first-order valence-electron chi connectivity index (χ1n) is 4.95. The highest BCUT2D eigenvalue weighted by Crippen LogP contribution is 2.23. The molecule has 4 nitrogen and oxygen atoms in total. The SMILES string of the molecule is CN1CCCC2(CC1)CNC(=O)N2. The molecule has 13 heavy (non-hydrogen) atoms. The quantitative estimate of drug-likeness (QED) is 0.561. The predicted molar refractivity (Wildman–Crippen MR) is 50.6 cm³/mol. The van der Waals surface area contributed by atoms with Crippen LogP contribution in [0.2, 0.25) is 0 Å². The second-order valence-electron chi connectivity index (χ2n) is 4.24. The fourth-order valence-corrected chi connectivity index (χ4v) is 2.21. The lowest BCUT2D eigenvalue weighted by Gasteiger charge is -2.25. The normalized spacial score (nSPS) is 35.6. The van der Waals surface area contributed by atoms with Crippen molar-refractivity contribution in [3.05, 3.63) is 0 Å². The van der Waals surface area contributed by atoms with E-state index in [-0.39, 0.29) is 11.6 Å². The Labute approximate surface area is 78.7 Å². The highest BCUT2D eigenvalue weighted by atomic mass is 16.2. The van der Waals surface area contributed by atoms with Gasteiger partial charge in [-0.3, -0.25) is 0 Å². The largest absolute Gasteiger partial charge is 0.336 e. The van der Waals surface area contributed by atoms with Crippen molar-refractivity contribution >= 4 is 6.03 Å². The third-order valence-electron chi connectivity index (χ3n) is 3.13. The molecule has 0 aliphatic carbocycles. The molecule has 2 rings (SSSR count). The van der Waals surface area contributed by atoms with E-state index in [1.165, 1.54) is 6.42 Å². The fourth-order valence-electron chi connectivity index (χ4n) is 2.21. The summed E-state index contributed by atoms with van der Waals surface area (Å²) in [5, 5.41) is 5.91. The molecule has 2 amide bonds. The number of hydrogen-bond acceptors (Lipinski definition) is 2. The molecule has 2 N–H and O–H groups in total. The summed E-state index contributed by atoms with van der Waals surface area (Å²) in [7, 11) is 2.14. The van der Waals surface area contributed by atoms with Gasteiger partial charge < -0.3 is 15.5 Å². The molecule has 1 unspecified atom stereocenters. The summed E-state index contributed by atoms with van der Waals surface area (Å²) in [6.45, 7) is 3.04. The second-order valence-corrected chi connectivity index (χ2v) is 4.24. The summed E-state index contributed by atoms with van der Waals surface area (Å²) in [4.78, 5) is 13.4. The molecule has 4 heteroatoms. The molecule has 2 fully saturated rings. The van der Waals surface area contributed by atoms with E-state index in [1.54, 1.807) is 0 Å². The second kappa shape index (κ2) is 3.18. The van der Waals surface area contributed by atoms with Crippen LogP contribution < -0.4 is 10.6 Å². The number of carbonyl (C=O) groups is 1. The number of rotatable bonds is 0. The van der Waals surface area contributed by atoms with Crippen molar-refractivity contribution in [1.82, 2.24) is 15.5 Å². The molecule has 0 radical (unpaired) electrons. The molecular formula is C9H17N3O. The number of nitrogens with zero attached hydrogens (tertiary/aromatic N) is 1. The van der Waals surface area contributed by atoms with Crippen LogP contribution in [0.15, 0.2) is 0 Å². The summed E-state index contributed by atoms with van der Waals surface area (Å²) in [5.74, 6) is 0. The van der Waals surface area contributed by atoms with E-state index in [9.17, 15) is 4.79 Å². The van der Waals surface area contributed by atoms with Gasteiger partial charge in [0.25, 0.3) is 0 Å². The maximum absolute atomic E-state index is 11.1. The maximum atomic E-state index is 11.1. The van der Waals surface area contributed by atoms with E-state index in [0.717, 1.165) is 32.5 Å². The van der Waals surface area contributed by atoms with E-state index in [4.69, 9.17) is 0 Å². The van der Waals surface area contributed by atoms with Crippen LogP contribution in [-0.4, -0.2) is 43.2 Å². The van der Waals surface area contributed by atoms with Crippen molar-refractivity contribution in [1.29, 1.82) is 0 Å². The average molecular weight is 183 g/mol. The first kappa shape index (κ1) is 8.81. The van der Waals surface area contributed by atoms with Gasteiger partial charge in [-0.2, -0.15) is 0 Å². The first-order chi connectivity index (χ1) is 6.20. The van der Waals surface area contributed by atoms with E-state index < -0.39 is 0 Å². The lowest BCUT2D eigenvalue weighted by Crippen LogP contribution is -2.44. The summed E-state index contributed by atoms with van der Waals surface area (Å²) in [6, 6.07) is 0.00422. The van der Waals surface area contributed by atoms with Gasteiger partial charge in [-0.25, -0.2) is 4.79 Å². The first-order valence-corrected chi connectivity index (χ1v) is 4.95. The van der Waals surface area contributed by atoms with Crippen LogP contribution in [0.3, 0.4) is 0 Å². The van der Waals surface area contributed by atoms with Crippen molar-refractivity contribution in [2.75, 3.05) is 26.7 Å². The zero-order valence-corrected chi connectivity index (χ0v) is 8.10. The zero-order valence-electron chi connectivity index (χ0n) is 8.10. The Kier molecular flexibility index (Phi) is 2.15. The van der Waals surface area contributed by atoms with E-state index >= 15 is 0 Å². The predicted octanol–water partition coefficient (Wildman–Crippen LogP) is 0.154. The van der Waals surface area contributed by atoms with Gasteiger partial charge in [-0.05, 0) is 32.9 Å². The molecular weight excluding hydrogens is 166 g/mol. The van der Waals surface area contributed by atoms with Gasteiger partial charge in [0.2, 0.25) is 0 Å². The van der Waals surface area contributed by atoms with Crippen molar-refractivity contribution in [3.63, 3.8) is 0 Å². The zero-order chi connectivity index (χ0) is 9.31. The van der Waals surface area contributed by atoms with Crippen LogP contribution in [-0.2, 0) is 0 Å². The number of likely N-dealkylation sites (tertiary alicyclic amines) is 1. The molecule has 0 bridgehead atoms. The van der Waals surface area contributed by atoms with E-state index in [2.05, 4.69) is 22.6 Å². The van der Waals surface area contributed by atoms with Crippen molar-refractivity contribution in [3.8, 4) is 0 Å². The van der Waals surface area contributed by atoms with Crippen molar-refractivity contribution < 1.29 is 4.79 Å². The molecule has 74 valence electrons.